The maximum Gasteiger partial charge on any atom is 0.228 e. The molecular weight excluding hydrogens is 352 g/mol. The first-order valence-corrected chi connectivity index (χ1v) is 9.43. The molecule has 3 heterocycles. The topological polar surface area (TPSA) is 79.2 Å². The fourth-order valence-corrected chi connectivity index (χ4v) is 3.57. The van der Waals surface area contributed by atoms with Crippen LogP contribution in [0.2, 0.25) is 0 Å². The zero-order chi connectivity index (χ0) is 19.5. The van der Waals surface area contributed by atoms with Crippen LogP contribution < -0.4 is 0 Å². The summed E-state index contributed by atoms with van der Waals surface area (Å²) in [6.45, 7) is 3.06. The van der Waals surface area contributed by atoms with E-state index >= 15 is 0 Å². The Hall–Kier alpha value is -3.28. The maximum atomic E-state index is 12.9. The largest absolute Gasteiger partial charge is 0.508 e. The summed E-state index contributed by atoms with van der Waals surface area (Å²) in [5, 5.41) is 9.61. The van der Waals surface area contributed by atoms with Crippen LogP contribution in [0.15, 0.2) is 48.7 Å². The summed E-state index contributed by atoms with van der Waals surface area (Å²) in [4.78, 5) is 28.4. The number of aryl methyl sites for hydroxylation is 2. The van der Waals surface area contributed by atoms with E-state index in [0.717, 1.165) is 46.9 Å². The lowest BCUT2D eigenvalue weighted by molar-refractivity contribution is -0.131. The van der Waals surface area contributed by atoms with Gasteiger partial charge in [-0.25, -0.2) is 9.97 Å². The number of aromatic hydroxyl groups is 1. The van der Waals surface area contributed by atoms with Crippen LogP contribution in [0.25, 0.3) is 11.3 Å². The fourth-order valence-electron chi connectivity index (χ4n) is 3.57. The summed E-state index contributed by atoms with van der Waals surface area (Å²) in [6, 6.07) is 12.6. The Balaban J connectivity index is 1.66. The van der Waals surface area contributed by atoms with Crippen LogP contribution >= 0.6 is 0 Å². The Morgan fingerprint density at radius 1 is 1.14 bits per heavy atom. The number of rotatable bonds is 3. The Bertz CT molecular complexity index is 987. The number of carbonyl (C=O) groups is 1. The molecule has 1 amide bonds. The third-order valence-electron chi connectivity index (χ3n) is 4.95. The molecule has 3 aromatic rings. The van der Waals surface area contributed by atoms with Crippen molar-refractivity contribution in [2.45, 2.75) is 32.7 Å². The van der Waals surface area contributed by atoms with E-state index in [0.29, 0.717) is 13.1 Å². The number of fused-ring (bicyclic) bond motifs is 1. The van der Waals surface area contributed by atoms with Crippen molar-refractivity contribution in [3.8, 4) is 17.0 Å². The number of carbonyl (C=O) groups excluding carboxylic acids is 1. The zero-order valence-corrected chi connectivity index (χ0v) is 15.8. The molecule has 0 bridgehead atoms. The number of phenolic OH excluding ortho intramolecular Hbond substituents is 1. The number of nitrogens with zero attached hydrogens (tertiary/aromatic N) is 4. The normalized spacial score (nSPS) is 13.7. The van der Waals surface area contributed by atoms with Crippen molar-refractivity contribution >= 4 is 5.91 Å². The molecule has 4 rings (SSSR count). The molecule has 0 radical (unpaired) electrons. The molecule has 142 valence electrons. The number of benzene rings is 1. The highest BCUT2D eigenvalue weighted by molar-refractivity contribution is 5.79. The van der Waals surface area contributed by atoms with Crippen LogP contribution in [0.5, 0.6) is 5.75 Å². The van der Waals surface area contributed by atoms with E-state index in [2.05, 4.69) is 15.0 Å². The van der Waals surface area contributed by atoms with Gasteiger partial charge in [0.2, 0.25) is 5.91 Å². The zero-order valence-electron chi connectivity index (χ0n) is 15.8. The number of phenols is 1. The second-order valence-electron chi connectivity index (χ2n) is 7.01. The van der Waals surface area contributed by atoms with Crippen LogP contribution in [-0.2, 0) is 24.2 Å². The van der Waals surface area contributed by atoms with Gasteiger partial charge in [0.15, 0.2) is 0 Å². The minimum Gasteiger partial charge on any atom is -0.508 e. The highest BCUT2D eigenvalue weighted by Crippen LogP contribution is 2.29. The summed E-state index contributed by atoms with van der Waals surface area (Å²) < 4.78 is 0. The molecule has 0 saturated heterocycles. The van der Waals surface area contributed by atoms with Crippen LogP contribution in [0.4, 0.5) is 0 Å². The lowest BCUT2D eigenvalue weighted by atomic mass is 10.0. The molecular formula is C22H22N4O2. The number of aromatic nitrogens is 3. The molecule has 1 aliphatic rings. The van der Waals surface area contributed by atoms with Gasteiger partial charge in [0.25, 0.3) is 0 Å². The van der Waals surface area contributed by atoms with Gasteiger partial charge in [-0.3, -0.25) is 9.78 Å². The average molecular weight is 374 g/mol. The van der Waals surface area contributed by atoms with E-state index in [1.807, 2.05) is 42.2 Å². The molecule has 1 aromatic carbocycles. The number of pyridine rings is 1. The minimum absolute atomic E-state index is 0.0591. The van der Waals surface area contributed by atoms with Gasteiger partial charge in [0.1, 0.15) is 11.6 Å². The van der Waals surface area contributed by atoms with Crippen LogP contribution in [0, 0.1) is 6.92 Å². The summed E-state index contributed by atoms with van der Waals surface area (Å²) in [7, 11) is 0. The van der Waals surface area contributed by atoms with Gasteiger partial charge in [-0.05, 0) is 56.2 Å². The molecule has 2 aromatic heterocycles. The standard InChI is InChI=1S/C22H22N4O2/c1-15-24-20-6-4-12-26(21(28)13-17-5-2-3-11-23-17)14-19(20)22(25-15)16-7-9-18(27)10-8-16/h2-3,5,7-11,27H,4,6,12-14H2,1H3. The van der Waals surface area contributed by atoms with E-state index < -0.39 is 0 Å². The predicted molar refractivity (Wildman–Crippen MR) is 106 cm³/mol. The first-order valence-electron chi connectivity index (χ1n) is 9.43. The smallest absolute Gasteiger partial charge is 0.228 e. The van der Waals surface area contributed by atoms with Gasteiger partial charge < -0.3 is 10.0 Å². The molecule has 1 aliphatic heterocycles. The second kappa shape index (κ2) is 7.76. The van der Waals surface area contributed by atoms with Crippen LogP contribution in [-0.4, -0.2) is 37.4 Å². The highest BCUT2D eigenvalue weighted by atomic mass is 16.3. The Morgan fingerprint density at radius 3 is 2.71 bits per heavy atom. The van der Waals surface area contributed by atoms with Crippen molar-refractivity contribution in [3.05, 3.63) is 71.4 Å². The van der Waals surface area contributed by atoms with E-state index in [9.17, 15) is 9.90 Å². The van der Waals surface area contributed by atoms with Crippen molar-refractivity contribution in [1.82, 2.24) is 19.9 Å². The molecule has 0 saturated carbocycles. The average Bonchev–Trinajstić information content (AvgIpc) is 2.91. The van der Waals surface area contributed by atoms with E-state index in [-0.39, 0.29) is 18.1 Å². The minimum atomic E-state index is 0.0591. The van der Waals surface area contributed by atoms with Crippen molar-refractivity contribution in [2.75, 3.05) is 6.54 Å². The molecule has 28 heavy (non-hydrogen) atoms. The fraction of sp³-hybridized carbons (Fsp3) is 0.273. The van der Waals surface area contributed by atoms with E-state index in [4.69, 9.17) is 0 Å². The number of hydrogen-bond acceptors (Lipinski definition) is 5. The van der Waals surface area contributed by atoms with E-state index in [1.54, 1.807) is 18.3 Å². The van der Waals surface area contributed by atoms with Crippen molar-refractivity contribution in [2.24, 2.45) is 0 Å². The van der Waals surface area contributed by atoms with Crippen LogP contribution in [0.3, 0.4) is 0 Å². The highest BCUT2D eigenvalue weighted by Gasteiger charge is 2.24. The van der Waals surface area contributed by atoms with Gasteiger partial charge in [0.05, 0.1) is 12.1 Å². The molecule has 1 N–H and O–H groups in total. The lowest BCUT2D eigenvalue weighted by Crippen LogP contribution is -2.32. The summed E-state index contributed by atoms with van der Waals surface area (Å²) in [5.41, 5.74) is 4.52. The van der Waals surface area contributed by atoms with Gasteiger partial charge in [-0.2, -0.15) is 0 Å². The summed E-state index contributed by atoms with van der Waals surface area (Å²) in [5.74, 6) is 0.992. The van der Waals surface area contributed by atoms with Crippen molar-refractivity contribution in [3.63, 3.8) is 0 Å². The first kappa shape index (κ1) is 18.1. The molecule has 6 nitrogen and oxygen atoms in total. The molecule has 6 heteroatoms. The summed E-state index contributed by atoms with van der Waals surface area (Å²) >= 11 is 0. The quantitative estimate of drug-likeness (QED) is 0.762. The Labute approximate surface area is 163 Å². The Kier molecular flexibility index (Phi) is 5.02. The maximum absolute atomic E-state index is 12.9. The third kappa shape index (κ3) is 3.86. The van der Waals surface area contributed by atoms with Gasteiger partial charge in [0, 0.05) is 41.8 Å². The van der Waals surface area contributed by atoms with E-state index in [1.165, 1.54) is 0 Å². The van der Waals surface area contributed by atoms with Gasteiger partial charge >= 0.3 is 0 Å². The second-order valence-corrected chi connectivity index (χ2v) is 7.01. The van der Waals surface area contributed by atoms with Gasteiger partial charge in [-0.15, -0.1) is 0 Å². The molecule has 0 aliphatic carbocycles. The lowest BCUT2D eigenvalue weighted by Gasteiger charge is -2.22. The Morgan fingerprint density at radius 2 is 1.96 bits per heavy atom. The molecule has 0 unspecified atom stereocenters. The number of hydrogen-bond donors (Lipinski definition) is 1. The third-order valence-corrected chi connectivity index (χ3v) is 4.95. The van der Waals surface area contributed by atoms with Crippen molar-refractivity contribution in [1.29, 1.82) is 0 Å². The SMILES string of the molecule is Cc1nc2c(c(-c3ccc(O)cc3)n1)CN(C(=O)Cc1ccccn1)CCC2. The predicted octanol–water partition coefficient (Wildman–Crippen LogP) is 3.07. The van der Waals surface area contributed by atoms with Crippen molar-refractivity contribution < 1.29 is 9.90 Å². The molecule has 0 fully saturated rings. The first-order chi connectivity index (χ1) is 13.6. The van der Waals surface area contributed by atoms with Crippen LogP contribution in [0.1, 0.15) is 29.2 Å². The summed E-state index contributed by atoms with van der Waals surface area (Å²) in [6.07, 6.45) is 3.68. The molecule has 0 spiro atoms. The number of amides is 1. The molecule has 0 atom stereocenters. The monoisotopic (exact) mass is 374 g/mol. The van der Waals surface area contributed by atoms with Gasteiger partial charge in [-0.1, -0.05) is 6.07 Å².